The maximum Gasteiger partial charge on any atom is 0.220 e. The van der Waals surface area contributed by atoms with Crippen molar-refractivity contribution in [3.8, 4) is 0 Å². The molecule has 5 heteroatoms. The molecule has 19 heavy (non-hydrogen) atoms. The Hall–Kier alpha value is -2.01. The Balaban J connectivity index is 2.10. The summed E-state index contributed by atoms with van der Waals surface area (Å²) in [5, 5.41) is 0. The van der Waals surface area contributed by atoms with Gasteiger partial charge < -0.3 is 5.73 Å². The fourth-order valence-electron chi connectivity index (χ4n) is 1.98. The quantitative estimate of drug-likeness (QED) is 0.906. The van der Waals surface area contributed by atoms with E-state index in [-0.39, 0.29) is 6.04 Å². The van der Waals surface area contributed by atoms with Crippen LogP contribution in [0.2, 0.25) is 0 Å². The fraction of sp³-hybridized carbons (Fsp3) is 0.357. The molecule has 2 aromatic rings. The second-order valence-electron chi connectivity index (χ2n) is 4.70. The maximum atomic E-state index is 5.67. The van der Waals surface area contributed by atoms with Crippen LogP contribution in [-0.2, 0) is 6.54 Å². The lowest BCUT2D eigenvalue weighted by atomic mass is 10.2. The van der Waals surface area contributed by atoms with Gasteiger partial charge in [-0.2, -0.15) is 0 Å². The molecule has 0 saturated heterocycles. The molecule has 0 radical (unpaired) electrons. The Labute approximate surface area is 113 Å². The molecular formula is C14H19N5. The molecule has 2 N–H and O–H groups in total. The number of nitrogens with zero attached hydrogens (tertiary/aromatic N) is 4. The van der Waals surface area contributed by atoms with E-state index in [2.05, 4.69) is 26.8 Å². The summed E-state index contributed by atoms with van der Waals surface area (Å²) in [6.45, 7) is 4.76. The highest BCUT2D eigenvalue weighted by Crippen LogP contribution is 2.18. The minimum Gasteiger partial charge on any atom is -0.368 e. The van der Waals surface area contributed by atoms with E-state index in [1.807, 2.05) is 44.4 Å². The summed E-state index contributed by atoms with van der Waals surface area (Å²) in [5.41, 5.74) is 8.53. The fourth-order valence-corrected chi connectivity index (χ4v) is 1.98. The Morgan fingerprint density at radius 2 is 2.11 bits per heavy atom. The molecule has 0 saturated carbocycles. The van der Waals surface area contributed by atoms with Gasteiger partial charge in [0.15, 0.2) is 0 Å². The number of pyridine rings is 1. The van der Waals surface area contributed by atoms with Crippen LogP contribution < -0.4 is 5.73 Å². The van der Waals surface area contributed by atoms with Crippen LogP contribution in [0.3, 0.4) is 0 Å². The predicted octanol–water partition coefficient (Wildman–Crippen LogP) is 1.96. The number of anilines is 1. The average Bonchev–Trinajstić information content (AvgIpc) is 2.37. The summed E-state index contributed by atoms with van der Waals surface area (Å²) in [6.07, 6.45) is 1.81. The van der Waals surface area contributed by atoms with Crippen molar-refractivity contribution in [3.05, 3.63) is 47.5 Å². The third-order valence-corrected chi connectivity index (χ3v) is 3.11. The van der Waals surface area contributed by atoms with E-state index < -0.39 is 0 Å². The lowest BCUT2D eigenvalue weighted by Gasteiger charge is -2.23. The summed E-state index contributed by atoms with van der Waals surface area (Å²) >= 11 is 0. The van der Waals surface area contributed by atoms with Crippen LogP contribution in [0.4, 0.5) is 5.95 Å². The first-order chi connectivity index (χ1) is 9.06. The normalized spacial score (nSPS) is 12.6. The Bertz CT molecular complexity index is 521. The predicted molar refractivity (Wildman–Crippen MR) is 75.3 cm³/mol. The zero-order valence-electron chi connectivity index (χ0n) is 11.5. The summed E-state index contributed by atoms with van der Waals surface area (Å²) < 4.78 is 0. The second kappa shape index (κ2) is 5.75. The van der Waals surface area contributed by atoms with Gasteiger partial charge in [0.2, 0.25) is 5.95 Å². The molecule has 0 bridgehead atoms. The van der Waals surface area contributed by atoms with Crippen LogP contribution >= 0.6 is 0 Å². The largest absolute Gasteiger partial charge is 0.368 e. The highest BCUT2D eigenvalue weighted by atomic mass is 15.1. The van der Waals surface area contributed by atoms with Gasteiger partial charge >= 0.3 is 0 Å². The lowest BCUT2D eigenvalue weighted by molar-refractivity contribution is 0.246. The highest BCUT2D eigenvalue weighted by molar-refractivity contribution is 5.22. The topological polar surface area (TPSA) is 67.9 Å². The van der Waals surface area contributed by atoms with Gasteiger partial charge in [-0.15, -0.1) is 0 Å². The van der Waals surface area contributed by atoms with Crippen LogP contribution in [0.1, 0.15) is 30.0 Å². The number of nitrogens with two attached hydrogens (primary N) is 1. The molecule has 100 valence electrons. The van der Waals surface area contributed by atoms with Crippen molar-refractivity contribution in [2.45, 2.75) is 26.4 Å². The molecule has 2 rings (SSSR count). The molecule has 0 fully saturated rings. The SMILES string of the molecule is Cc1cc(CN(C)[C@@H](C)c2ccccn2)nc(N)n1. The molecule has 1 atom stereocenters. The first kappa shape index (κ1) is 13.4. The number of aryl methyl sites for hydroxylation is 1. The zero-order chi connectivity index (χ0) is 13.8. The van der Waals surface area contributed by atoms with Crippen LogP contribution in [0.25, 0.3) is 0 Å². The minimum atomic E-state index is 0.220. The third kappa shape index (κ3) is 3.48. The maximum absolute atomic E-state index is 5.67. The first-order valence-corrected chi connectivity index (χ1v) is 6.27. The van der Waals surface area contributed by atoms with Crippen molar-refractivity contribution in [2.24, 2.45) is 0 Å². The average molecular weight is 257 g/mol. The van der Waals surface area contributed by atoms with E-state index in [0.29, 0.717) is 12.5 Å². The monoisotopic (exact) mass is 257 g/mol. The summed E-state index contributed by atoms with van der Waals surface area (Å²) in [5.74, 6) is 0.328. The van der Waals surface area contributed by atoms with E-state index in [1.165, 1.54) is 0 Å². The molecule has 0 aromatic carbocycles. The molecule has 2 aromatic heterocycles. The number of hydrogen-bond donors (Lipinski definition) is 1. The summed E-state index contributed by atoms with van der Waals surface area (Å²) in [6, 6.07) is 8.13. The first-order valence-electron chi connectivity index (χ1n) is 6.27. The molecule has 0 aliphatic heterocycles. The molecule has 0 aliphatic carbocycles. The smallest absolute Gasteiger partial charge is 0.220 e. The van der Waals surface area contributed by atoms with Crippen LogP contribution in [0.5, 0.6) is 0 Å². The van der Waals surface area contributed by atoms with Gasteiger partial charge in [0.1, 0.15) is 0 Å². The Morgan fingerprint density at radius 1 is 1.32 bits per heavy atom. The van der Waals surface area contributed by atoms with Gasteiger partial charge in [0.25, 0.3) is 0 Å². The van der Waals surface area contributed by atoms with E-state index in [9.17, 15) is 0 Å². The van der Waals surface area contributed by atoms with Gasteiger partial charge in [0, 0.05) is 24.5 Å². The number of hydrogen-bond acceptors (Lipinski definition) is 5. The van der Waals surface area contributed by atoms with Crippen molar-refractivity contribution in [1.82, 2.24) is 19.9 Å². The van der Waals surface area contributed by atoms with Gasteiger partial charge in [-0.25, -0.2) is 9.97 Å². The molecule has 0 aliphatic rings. The number of rotatable bonds is 4. The second-order valence-corrected chi connectivity index (χ2v) is 4.70. The third-order valence-electron chi connectivity index (χ3n) is 3.11. The van der Waals surface area contributed by atoms with Crippen molar-refractivity contribution in [3.63, 3.8) is 0 Å². The van der Waals surface area contributed by atoms with E-state index >= 15 is 0 Å². The zero-order valence-corrected chi connectivity index (χ0v) is 11.5. The van der Waals surface area contributed by atoms with Gasteiger partial charge in [-0.3, -0.25) is 9.88 Å². The van der Waals surface area contributed by atoms with Gasteiger partial charge in [0.05, 0.1) is 11.4 Å². The van der Waals surface area contributed by atoms with Crippen LogP contribution in [-0.4, -0.2) is 26.9 Å². The van der Waals surface area contributed by atoms with Gasteiger partial charge in [-0.05, 0) is 39.1 Å². The van der Waals surface area contributed by atoms with E-state index in [4.69, 9.17) is 5.73 Å². The van der Waals surface area contributed by atoms with Crippen molar-refractivity contribution < 1.29 is 0 Å². The van der Waals surface area contributed by atoms with Crippen LogP contribution in [0.15, 0.2) is 30.5 Å². The highest BCUT2D eigenvalue weighted by Gasteiger charge is 2.13. The molecule has 0 unspecified atom stereocenters. The molecule has 5 nitrogen and oxygen atoms in total. The van der Waals surface area contributed by atoms with Crippen molar-refractivity contribution in [2.75, 3.05) is 12.8 Å². The van der Waals surface area contributed by atoms with Crippen molar-refractivity contribution in [1.29, 1.82) is 0 Å². The van der Waals surface area contributed by atoms with Crippen LogP contribution in [0, 0.1) is 6.92 Å². The molecule has 0 spiro atoms. The van der Waals surface area contributed by atoms with E-state index in [0.717, 1.165) is 17.1 Å². The Morgan fingerprint density at radius 3 is 2.74 bits per heavy atom. The Kier molecular flexibility index (Phi) is 4.06. The molecule has 0 amide bonds. The number of nitrogen functional groups attached to an aromatic ring is 1. The molecular weight excluding hydrogens is 238 g/mol. The molecule has 2 heterocycles. The summed E-state index contributed by atoms with van der Waals surface area (Å²) in [4.78, 5) is 14.9. The lowest BCUT2D eigenvalue weighted by Crippen LogP contribution is -2.23. The number of aromatic nitrogens is 3. The minimum absolute atomic E-state index is 0.220. The van der Waals surface area contributed by atoms with Crippen molar-refractivity contribution >= 4 is 5.95 Å². The van der Waals surface area contributed by atoms with Gasteiger partial charge in [-0.1, -0.05) is 6.07 Å². The van der Waals surface area contributed by atoms with E-state index in [1.54, 1.807) is 0 Å². The standard InChI is InChI=1S/C14H19N5/c1-10-8-12(18-14(15)17-10)9-19(3)11(2)13-6-4-5-7-16-13/h4-8,11H,9H2,1-3H3,(H2,15,17,18)/t11-/m0/s1. The summed E-state index contributed by atoms with van der Waals surface area (Å²) in [7, 11) is 2.05.